The third-order valence-corrected chi connectivity index (χ3v) is 4.75. The number of guanidine groups is 1. The number of rotatable bonds is 5. The summed E-state index contributed by atoms with van der Waals surface area (Å²) < 4.78 is 0. The number of halogens is 1. The Hall–Kier alpha value is -2.61. The summed E-state index contributed by atoms with van der Waals surface area (Å²) in [6.07, 6.45) is 4.85. The number of hydrogen-bond donors (Lipinski definition) is 3. The van der Waals surface area contributed by atoms with Crippen molar-refractivity contribution in [3.05, 3.63) is 78.1 Å². The maximum atomic E-state index is 4.51. The number of fused-ring (bicyclic) bond motifs is 2. The highest BCUT2D eigenvalue weighted by atomic mass is 127. The highest BCUT2D eigenvalue weighted by Crippen LogP contribution is 2.18. The second-order valence-electron chi connectivity index (χ2n) is 6.45. The van der Waals surface area contributed by atoms with Gasteiger partial charge in [-0.2, -0.15) is 0 Å². The monoisotopic (exact) mass is 485 g/mol. The van der Waals surface area contributed by atoms with Gasteiger partial charge in [-0.1, -0.05) is 42.5 Å². The van der Waals surface area contributed by atoms with E-state index in [1.807, 2.05) is 12.3 Å². The summed E-state index contributed by atoms with van der Waals surface area (Å²) in [5.41, 5.74) is 4.68. The van der Waals surface area contributed by atoms with Crippen molar-refractivity contribution in [2.75, 3.05) is 13.6 Å². The molecule has 0 bridgehead atoms. The lowest BCUT2D eigenvalue weighted by Crippen LogP contribution is -2.37. The van der Waals surface area contributed by atoms with Gasteiger partial charge in [-0.25, -0.2) is 0 Å². The van der Waals surface area contributed by atoms with Gasteiger partial charge in [0.2, 0.25) is 0 Å². The number of aliphatic imine (C=N–C) groups is 1. The molecule has 0 saturated carbocycles. The van der Waals surface area contributed by atoms with Crippen molar-refractivity contribution in [3.8, 4) is 0 Å². The van der Waals surface area contributed by atoms with Crippen LogP contribution in [0.15, 0.2) is 72.0 Å². The van der Waals surface area contributed by atoms with Gasteiger partial charge in [0, 0.05) is 48.8 Å². The molecule has 2 aromatic carbocycles. The van der Waals surface area contributed by atoms with Crippen molar-refractivity contribution in [2.24, 2.45) is 4.99 Å². The maximum absolute atomic E-state index is 4.51. The maximum Gasteiger partial charge on any atom is 0.191 e. The first-order valence-electron chi connectivity index (χ1n) is 9.17. The largest absolute Gasteiger partial charge is 0.361 e. The van der Waals surface area contributed by atoms with Gasteiger partial charge < -0.3 is 15.6 Å². The fraction of sp³-hybridized carbons (Fsp3) is 0.182. The highest BCUT2D eigenvalue weighted by Gasteiger charge is 2.05. The number of H-pyrrole nitrogens is 1. The number of nitrogens with zero attached hydrogens (tertiary/aromatic N) is 2. The average Bonchev–Trinajstić information content (AvgIpc) is 3.13. The number of aromatic nitrogens is 2. The highest BCUT2D eigenvalue weighted by molar-refractivity contribution is 14.0. The Morgan fingerprint density at radius 2 is 1.86 bits per heavy atom. The van der Waals surface area contributed by atoms with Crippen LogP contribution in [0.3, 0.4) is 0 Å². The Morgan fingerprint density at radius 1 is 1.00 bits per heavy atom. The smallest absolute Gasteiger partial charge is 0.191 e. The molecule has 4 aromatic rings. The second-order valence-corrected chi connectivity index (χ2v) is 6.45. The van der Waals surface area contributed by atoms with Crippen LogP contribution < -0.4 is 10.6 Å². The van der Waals surface area contributed by atoms with Crippen LogP contribution in [0.5, 0.6) is 0 Å². The Balaban J connectivity index is 0.00000225. The average molecular weight is 485 g/mol. The van der Waals surface area contributed by atoms with Crippen LogP contribution in [-0.4, -0.2) is 29.5 Å². The van der Waals surface area contributed by atoms with Crippen LogP contribution in [-0.2, 0) is 13.0 Å². The quantitative estimate of drug-likeness (QED) is 0.225. The Labute approximate surface area is 181 Å². The van der Waals surface area contributed by atoms with Gasteiger partial charge in [0.1, 0.15) is 0 Å². The van der Waals surface area contributed by atoms with Gasteiger partial charge in [-0.15, -0.1) is 24.0 Å². The third-order valence-electron chi connectivity index (χ3n) is 4.75. The Morgan fingerprint density at radius 3 is 2.75 bits per heavy atom. The standard InChI is InChI=1S/C22H23N5.HI/c1-23-22(25-13-11-17-14-26-20-10-3-2-9-19(17)20)27-15-18-7-4-6-16-8-5-12-24-21(16)18;/h2-10,12,14,26H,11,13,15H2,1H3,(H2,23,25,27);1H. The molecular weight excluding hydrogens is 461 g/mol. The molecule has 0 fully saturated rings. The first kappa shape index (κ1) is 20.1. The first-order chi connectivity index (χ1) is 13.3. The molecule has 0 aliphatic rings. The zero-order chi connectivity index (χ0) is 18.5. The van der Waals surface area contributed by atoms with Crippen molar-refractivity contribution in [1.29, 1.82) is 0 Å². The normalized spacial score (nSPS) is 11.4. The lowest BCUT2D eigenvalue weighted by Gasteiger charge is -2.12. The molecule has 28 heavy (non-hydrogen) atoms. The molecule has 0 amide bonds. The van der Waals surface area contributed by atoms with E-state index in [0.29, 0.717) is 6.54 Å². The van der Waals surface area contributed by atoms with E-state index in [2.05, 4.69) is 80.3 Å². The fourth-order valence-electron chi connectivity index (χ4n) is 3.36. The van der Waals surface area contributed by atoms with Gasteiger partial charge in [-0.05, 0) is 29.7 Å². The molecule has 0 aliphatic heterocycles. The van der Waals surface area contributed by atoms with Crippen molar-refractivity contribution >= 4 is 51.7 Å². The van der Waals surface area contributed by atoms with Gasteiger partial charge in [0.15, 0.2) is 5.96 Å². The summed E-state index contributed by atoms with van der Waals surface area (Å²) in [4.78, 5) is 12.2. The zero-order valence-electron chi connectivity index (χ0n) is 15.8. The Bertz CT molecular complexity index is 1080. The molecule has 0 aliphatic carbocycles. The first-order valence-corrected chi connectivity index (χ1v) is 9.17. The molecule has 4 rings (SSSR count). The summed E-state index contributed by atoms with van der Waals surface area (Å²) in [6, 6.07) is 18.7. The number of pyridine rings is 1. The predicted octanol–water partition coefficient (Wildman–Crippen LogP) is 4.24. The van der Waals surface area contributed by atoms with Crippen LogP contribution in [0.25, 0.3) is 21.8 Å². The van der Waals surface area contributed by atoms with E-state index in [0.717, 1.165) is 35.4 Å². The second kappa shape index (κ2) is 9.54. The number of benzene rings is 2. The van der Waals surface area contributed by atoms with E-state index in [1.54, 1.807) is 7.05 Å². The lowest BCUT2D eigenvalue weighted by molar-refractivity contribution is 0.798. The van der Waals surface area contributed by atoms with Crippen molar-refractivity contribution in [2.45, 2.75) is 13.0 Å². The van der Waals surface area contributed by atoms with E-state index in [1.165, 1.54) is 16.5 Å². The SMILES string of the molecule is CN=C(NCCc1c[nH]c2ccccc12)NCc1cccc2cccnc12.I. The summed E-state index contributed by atoms with van der Waals surface area (Å²) in [5, 5.41) is 9.21. The van der Waals surface area contributed by atoms with Crippen LogP contribution in [0.4, 0.5) is 0 Å². The van der Waals surface area contributed by atoms with Gasteiger partial charge in [0.05, 0.1) is 5.52 Å². The summed E-state index contributed by atoms with van der Waals surface area (Å²) in [7, 11) is 1.79. The summed E-state index contributed by atoms with van der Waals surface area (Å²) in [6.45, 7) is 1.50. The van der Waals surface area contributed by atoms with E-state index in [4.69, 9.17) is 0 Å². The van der Waals surface area contributed by atoms with Crippen LogP contribution in [0, 0.1) is 0 Å². The molecule has 0 spiro atoms. The minimum Gasteiger partial charge on any atom is -0.361 e. The van der Waals surface area contributed by atoms with E-state index >= 15 is 0 Å². The van der Waals surface area contributed by atoms with Gasteiger partial charge in [-0.3, -0.25) is 9.98 Å². The van der Waals surface area contributed by atoms with Crippen LogP contribution in [0.2, 0.25) is 0 Å². The van der Waals surface area contributed by atoms with Crippen molar-refractivity contribution in [3.63, 3.8) is 0 Å². The van der Waals surface area contributed by atoms with E-state index in [-0.39, 0.29) is 24.0 Å². The predicted molar refractivity (Wildman–Crippen MR) is 127 cm³/mol. The molecule has 5 nitrogen and oxygen atoms in total. The molecule has 2 heterocycles. The number of hydrogen-bond acceptors (Lipinski definition) is 2. The summed E-state index contributed by atoms with van der Waals surface area (Å²) in [5.74, 6) is 0.794. The topological polar surface area (TPSA) is 65.1 Å². The molecular formula is C22H24IN5. The number of aromatic amines is 1. The van der Waals surface area contributed by atoms with Gasteiger partial charge >= 0.3 is 0 Å². The minimum absolute atomic E-state index is 0. The zero-order valence-corrected chi connectivity index (χ0v) is 18.1. The number of para-hydroxylation sites is 2. The molecule has 3 N–H and O–H groups in total. The van der Waals surface area contributed by atoms with Crippen molar-refractivity contribution < 1.29 is 0 Å². The van der Waals surface area contributed by atoms with Crippen LogP contribution in [0.1, 0.15) is 11.1 Å². The minimum atomic E-state index is 0. The molecule has 0 saturated heterocycles. The van der Waals surface area contributed by atoms with E-state index < -0.39 is 0 Å². The van der Waals surface area contributed by atoms with Crippen molar-refractivity contribution in [1.82, 2.24) is 20.6 Å². The fourth-order valence-corrected chi connectivity index (χ4v) is 3.36. The van der Waals surface area contributed by atoms with E-state index in [9.17, 15) is 0 Å². The molecule has 0 radical (unpaired) electrons. The van der Waals surface area contributed by atoms with Crippen LogP contribution >= 0.6 is 24.0 Å². The lowest BCUT2D eigenvalue weighted by atomic mass is 10.1. The molecule has 0 atom stereocenters. The molecule has 6 heteroatoms. The number of nitrogens with one attached hydrogen (secondary N) is 3. The Kier molecular flexibility index (Phi) is 6.86. The molecule has 2 aromatic heterocycles. The van der Waals surface area contributed by atoms with Gasteiger partial charge in [0.25, 0.3) is 0 Å². The third kappa shape index (κ3) is 4.44. The molecule has 144 valence electrons. The molecule has 0 unspecified atom stereocenters. The summed E-state index contributed by atoms with van der Waals surface area (Å²) >= 11 is 0.